The lowest BCUT2D eigenvalue weighted by atomic mass is 10.0. The van der Waals surface area contributed by atoms with E-state index in [1.54, 1.807) is 37.5 Å². The molecule has 0 unspecified atom stereocenters. The van der Waals surface area contributed by atoms with Crippen LogP contribution in [0.2, 0.25) is 5.02 Å². The van der Waals surface area contributed by atoms with Crippen LogP contribution in [0.1, 0.15) is 27.0 Å². The topological polar surface area (TPSA) is 80.7 Å². The Balaban J connectivity index is 1.20. The first-order valence-corrected chi connectivity index (χ1v) is 12.8. The summed E-state index contributed by atoms with van der Waals surface area (Å²) in [6.07, 6.45) is 1.65. The van der Waals surface area contributed by atoms with E-state index in [1.807, 2.05) is 12.1 Å². The third-order valence-corrected chi connectivity index (χ3v) is 7.32. The number of fused-ring (bicyclic) bond motifs is 2. The van der Waals surface area contributed by atoms with Gasteiger partial charge in [0.1, 0.15) is 23.0 Å². The molecule has 1 N–H and O–H groups in total. The normalized spacial score (nSPS) is 18.1. The van der Waals surface area contributed by atoms with Crippen molar-refractivity contribution in [3.8, 4) is 23.0 Å². The Kier molecular flexibility index (Phi) is 6.61. The molecule has 38 heavy (non-hydrogen) atoms. The SMILES string of the molecule is COc1ccc(N2CCN(Cc3c(O)ccc4c3O/C(=C\c3cc(Cl)cc5c3OCOC5)C4=O)CC2)cc1. The number of anilines is 1. The smallest absolute Gasteiger partial charge is 0.231 e. The predicted molar refractivity (Wildman–Crippen MR) is 143 cm³/mol. The number of nitrogens with zero attached hydrogens (tertiary/aromatic N) is 2. The lowest BCUT2D eigenvalue weighted by Crippen LogP contribution is -2.46. The lowest BCUT2D eigenvalue weighted by molar-refractivity contribution is -0.0165. The number of halogens is 1. The molecule has 0 amide bonds. The van der Waals surface area contributed by atoms with Gasteiger partial charge in [-0.05, 0) is 54.6 Å². The first kappa shape index (κ1) is 24.6. The molecule has 0 saturated carbocycles. The number of rotatable bonds is 5. The summed E-state index contributed by atoms with van der Waals surface area (Å²) in [7, 11) is 1.66. The molecule has 1 saturated heterocycles. The van der Waals surface area contributed by atoms with Crippen molar-refractivity contribution in [2.45, 2.75) is 13.2 Å². The van der Waals surface area contributed by atoms with E-state index in [0.717, 1.165) is 43.2 Å². The van der Waals surface area contributed by atoms with Gasteiger partial charge in [0.2, 0.25) is 5.78 Å². The number of Topliss-reactive ketones (excluding diaryl/α,β-unsaturated/α-hetero) is 1. The van der Waals surface area contributed by atoms with Crippen molar-refractivity contribution in [1.82, 2.24) is 4.90 Å². The van der Waals surface area contributed by atoms with E-state index in [0.29, 0.717) is 46.4 Å². The third kappa shape index (κ3) is 4.67. The van der Waals surface area contributed by atoms with Crippen LogP contribution in [-0.2, 0) is 17.9 Å². The van der Waals surface area contributed by atoms with Gasteiger partial charge in [0.15, 0.2) is 12.6 Å². The molecule has 3 aliphatic heterocycles. The molecule has 3 heterocycles. The zero-order valence-corrected chi connectivity index (χ0v) is 21.7. The van der Waals surface area contributed by atoms with Crippen LogP contribution in [0.25, 0.3) is 6.08 Å². The second kappa shape index (κ2) is 10.2. The summed E-state index contributed by atoms with van der Waals surface area (Å²) in [5.74, 6) is 1.89. The molecule has 8 nitrogen and oxygen atoms in total. The zero-order valence-electron chi connectivity index (χ0n) is 20.9. The second-order valence-corrected chi connectivity index (χ2v) is 9.87. The molecular weight excluding hydrogens is 508 g/mol. The van der Waals surface area contributed by atoms with Gasteiger partial charge in [-0.2, -0.15) is 0 Å². The summed E-state index contributed by atoms with van der Waals surface area (Å²) < 4.78 is 22.4. The van der Waals surface area contributed by atoms with Crippen LogP contribution in [0, 0.1) is 0 Å². The van der Waals surface area contributed by atoms with E-state index in [-0.39, 0.29) is 24.1 Å². The first-order chi connectivity index (χ1) is 18.5. The molecule has 0 aliphatic carbocycles. The minimum atomic E-state index is -0.244. The summed E-state index contributed by atoms with van der Waals surface area (Å²) in [5, 5.41) is 11.2. The highest BCUT2D eigenvalue weighted by molar-refractivity contribution is 6.31. The van der Waals surface area contributed by atoms with Crippen molar-refractivity contribution in [2.75, 3.05) is 45.0 Å². The van der Waals surface area contributed by atoms with Crippen LogP contribution in [0.15, 0.2) is 54.3 Å². The minimum Gasteiger partial charge on any atom is -0.507 e. The van der Waals surface area contributed by atoms with Crippen LogP contribution < -0.4 is 19.1 Å². The number of phenols is 1. The monoisotopic (exact) mass is 534 g/mol. The summed E-state index contributed by atoms with van der Waals surface area (Å²) >= 11 is 6.30. The Morgan fingerprint density at radius 1 is 1.05 bits per heavy atom. The number of phenolic OH excluding ortho intramolecular Hbond substituents is 1. The zero-order chi connectivity index (χ0) is 26.2. The minimum absolute atomic E-state index is 0.107. The highest BCUT2D eigenvalue weighted by Gasteiger charge is 2.33. The highest BCUT2D eigenvalue weighted by Crippen LogP contribution is 2.41. The fourth-order valence-electron chi connectivity index (χ4n) is 5.09. The maximum Gasteiger partial charge on any atom is 0.231 e. The number of carbonyl (C=O) groups is 1. The number of hydrogen-bond donors (Lipinski definition) is 1. The molecule has 6 rings (SSSR count). The van der Waals surface area contributed by atoms with Crippen LogP contribution >= 0.6 is 11.6 Å². The first-order valence-electron chi connectivity index (χ1n) is 12.4. The number of hydrogen-bond acceptors (Lipinski definition) is 8. The molecule has 9 heteroatoms. The van der Waals surface area contributed by atoms with E-state index in [9.17, 15) is 9.90 Å². The van der Waals surface area contributed by atoms with Gasteiger partial charge >= 0.3 is 0 Å². The Labute approximate surface area is 225 Å². The highest BCUT2D eigenvalue weighted by atomic mass is 35.5. The maximum atomic E-state index is 13.3. The van der Waals surface area contributed by atoms with Gasteiger partial charge in [0, 0.05) is 54.6 Å². The lowest BCUT2D eigenvalue weighted by Gasteiger charge is -2.36. The average Bonchev–Trinajstić information content (AvgIpc) is 3.25. The summed E-state index contributed by atoms with van der Waals surface area (Å²) in [5.41, 5.74) is 3.64. The molecule has 0 atom stereocenters. The van der Waals surface area contributed by atoms with Crippen molar-refractivity contribution >= 4 is 29.1 Å². The molecule has 196 valence electrons. The van der Waals surface area contributed by atoms with Crippen molar-refractivity contribution in [3.05, 3.63) is 81.6 Å². The number of methoxy groups -OCH3 is 1. The van der Waals surface area contributed by atoms with Gasteiger partial charge in [-0.15, -0.1) is 0 Å². The van der Waals surface area contributed by atoms with E-state index < -0.39 is 0 Å². The number of ether oxygens (including phenoxy) is 4. The van der Waals surface area contributed by atoms with Crippen LogP contribution in [0.5, 0.6) is 23.0 Å². The van der Waals surface area contributed by atoms with E-state index in [2.05, 4.69) is 21.9 Å². The molecule has 0 aromatic heterocycles. The molecular formula is C29H27ClN2O6. The molecule has 1 fully saturated rings. The van der Waals surface area contributed by atoms with Crippen molar-refractivity contribution in [2.24, 2.45) is 0 Å². The second-order valence-electron chi connectivity index (χ2n) is 9.43. The Bertz CT molecular complexity index is 1410. The molecule has 0 spiro atoms. The predicted octanol–water partition coefficient (Wildman–Crippen LogP) is 4.86. The quantitative estimate of drug-likeness (QED) is 0.465. The number of carbonyl (C=O) groups excluding carboxylic acids is 1. The fraction of sp³-hybridized carbons (Fsp3) is 0.276. The molecule has 3 aromatic carbocycles. The summed E-state index contributed by atoms with van der Waals surface area (Å²) in [6.45, 7) is 4.28. The van der Waals surface area contributed by atoms with Gasteiger partial charge in [-0.25, -0.2) is 0 Å². The number of aromatic hydroxyl groups is 1. The van der Waals surface area contributed by atoms with Crippen LogP contribution in [-0.4, -0.2) is 55.9 Å². The number of piperazine rings is 1. The van der Waals surface area contributed by atoms with Crippen molar-refractivity contribution < 1.29 is 28.8 Å². The van der Waals surface area contributed by atoms with Crippen LogP contribution in [0.3, 0.4) is 0 Å². The summed E-state index contributed by atoms with van der Waals surface area (Å²) in [4.78, 5) is 17.8. The van der Waals surface area contributed by atoms with E-state index in [4.69, 9.17) is 30.5 Å². The number of ketones is 1. The Morgan fingerprint density at radius 2 is 1.84 bits per heavy atom. The maximum absolute atomic E-state index is 13.3. The third-order valence-electron chi connectivity index (χ3n) is 7.10. The van der Waals surface area contributed by atoms with Gasteiger partial charge in [0.25, 0.3) is 0 Å². The molecule has 3 aliphatic rings. The standard InChI is InChI=1S/C29H27ClN2O6/c1-35-22-4-2-21(3-5-22)32-10-8-31(9-11-32)15-24-25(33)7-6-23-27(34)26(38-29(23)24)14-18-12-20(30)13-19-16-36-17-37-28(18)19/h2-7,12-14,33H,8-11,15-17H2,1H3/b26-14-. The Morgan fingerprint density at radius 3 is 2.61 bits per heavy atom. The largest absolute Gasteiger partial charge is 0.507 e. The van der Waals surface area contributed by atoms with Gasteiger partial charge in [0.05, 0.1) is 24.8 Å². The molecule has 0 bridgehead atoms. The average molecular weight is 535 g/mol. The summed E-state index contributed by atoms with van der Waals surface area (Å²) in [6, 6.07) is 14.7. The number of benzene rings is 3. The van der Waals surface area contributed by atoms with Gasteiger partial charge in [-0.1, -0.05) is 11.6 Å². The van der Waals surface area contributed by atoms with Crippen molar-refractivity contribution in [1.29, 1.82) is 0 Å². The molecule has 3 aromatic rings. The van der Waals surface area contributed by atoms with Gasteiger partial charge < -0.3 is 29.0 Å². The van der Waals surface area contributed by atoms with Crippen molar-refractivity contribution in [3.63, 3.8) is 0 Å². The molecule has 0 radical (unpaired) electrons. The van der Waals surface area contributed by atoms with E-state index >= 15 is 0 Å². The fourth-order valence-corrected chi connectivity index (χ4v) is 5.34. The number of allylic oxidation sites excluding steroid dienone is 1. The van der Waals surface area contributed by atoms with Gasteiger partial charge in [-0.3, -0.25) is 9.69 Å². The van der Waals surface area contributed by atoms with E-state index in [1.165, 1.54) is 0 Å². The Hall–Kier alpha value is -3.72. The van der Waals surface area contributed by atoms with Crippen LogP contribution in [0.4, 0.5) is 5.69 Å².